The molecule has 0 radical (unpaired) electrons. The third-order valence-electron chi connectivity index (χ3n) is 2.67. The van der Waals surface area contributed by atoms with Gasteiger partial charge in [-0.2, -0.15) is 0 Å². The topological polar surface area (TPSA) is 55.4 Å². The van der Waals surface area contributed by atoms with Crippen molar-refractivity contribution in [2.45, 2.75) is 53.9 Å². The predicted molar refractivity (Wildman–Crippen MR) is 72.1 cm³/mol. The fraction of sp³-hybridized carbons (Fsp3) is 0.857. The van der Waals surface area contributed by atoms with E-state index in [-0.39, 0.29) is 22.7 Å². The largest absolute Gasteiger partial charge is 0.469 e. The van der Waals surface area contributed by atoms with Crippen LogP contribution in [0.4, 0.5) is 0 Å². The summed E-state index contributed by atoms with van der Waals surface area (Å²) in [6.07, 6.45) is 1.65. The molecule has 4 nitrogen and oxygen atoms in total. The van der Waals surface area contributed by atoms with Crippen molar-refractivity contribution in [2.75, 3.05) is 13.7 Å². The van der Waals surface area contributed by atoms with Crippen LogP contribution in [0, 0.1) is 10.8 Å². The van der Waals surface area contributed by atoms with Gasteiger partial charge in [0.05, 0.1) is 13.5 Å². The molecule has 18 heavy (non-hydrogen) atoms. The highest BCUT2D eigenvalue weighted by molar-refractivity contribution is 5.76. The van der Waals surface area contributed by atoms with Crippen LogP contribution < -0.4 is 5.32 Å². The molecule has 0 rings (SSSR count). The molecule has 4 heteroatoms. The number of esters is 1. The van der Waals surface area contributed by atoms with Gasteiger partial charge in [-0.15, -0.1) is 0 Å². The van der Waals surface area contributed by atoms with Gasteiger partial charge < -0.3 is 10.1 Å². The molecule has 1 N–H and O–H groups in total. The lowest BCUT2D eigenvalue weighted by Gasteiger charge is -2.24. The molecule has 1 amide bonds. The highest BCUT2D eigenvalue weighted by Gasteiger charge is 2.23. The summed E-state index contributed by atoms with van der Waals surface area (Å²) in [7, 11) is 1.39. The lowest BCUT2D eigenvalue weighted by Crippen LogP contribution is -2.31. The van der Waals surface area contributed by atoms with Crippen molar-refractivity contribution in [3.05, 3.63) is 0 Å². The molecule has 0 aliphatic carbocycles. The Balaban J connectivity index is 3.96. The van der Waals surface area contributed by atoms with Gasteiger partial charge in [-0.25, -0.2) is 0 Å². The average molecular weight is 257 g/mol. The van der Waals surface area contributed by atoms with Crippen LogP contribution in [0.5, 0.6) is 0 Å². The Bertz CT molecular complexity index is 290. The minimum Gasteiger partial charge on any atom is -0.469 e. The Morgan fingerprint density at radius 2 is 1.61 bits per heavy atom. The third-order valence-corrected chi connectivity index (χ3v) is 2.67. The van der Waals surface area contributed by atoms with Gasteiger partial charge in [0.25, 0.3) is 0 Å². The number of methoxy groups -OCH3 is 1. The van der Waals surface area contributed by atoms with E-state index >= 15 is 0 Å². The lowest BCUT2D eigenvalue weighted by molar-refractivity contribution is -0.142. The van der Waals surface area contributed by atoms with Crippen LogP contribution in [0.3, 0.4) is 0 Å². The Morgan fingerprint density at radius 3 is 2.06 bits per heavy atom. The van der Waals surface area contributed by atoms with Gasteiger partial charge in [0.1, 0.15) is 0 Å². The standard InChI is InChI=1S/C14H27NO3/c1-13(2,3)9-11(16)15-8-7-14(4,5)10-12(17)18-6/h7-10H2,1-6H3,(H,15,16). The smallest absolute Gasteiger partial charge is 0.306 e. The predicted octanol–water partition coefficient (Wildman–Crippen LogP) is 2.52. The van der Waals surface area contributed by atoms with Crippen LogP contribution in [0.25, 0.3) is 0 Å². The molecule has 0 unspecified atom stereocenters. The summed E-state index contributed by atoms with van der Waals surface area (Å²) in [5.74, 6) is -0.141. The van der Waals surface area contributed by atoms with E-state index in [0.717, 1.165) is 6.42 Å². The van der Waals surface area contributed by atoms with Crippen molar-refractivity contribution in [3.8, 4) is 0 Å². The van der Waals surface area contributed by atoms with Crippen LogP contribution in [0.15, 0.2) is 0 Å². The summed E-state index contributed by atoms with van der Waals surface area (Å²) in [5.41, 5.74) is -0.145. The second-order valence-corrected chi connectivity index (χ2v) is 6.75. The summed E-state index contributed by atoms with van der Waals surface area (Å²) in [5, 5.41) is 2.90. The normalized spacial score (nSPS) is 12.1. The van der Waals surface area contributed by atoms with Crippen molar-refractivity contribution < 1.29 is 14.3 Å². The van der Waals surface area contributed by atoms with Crippen LogP contribution in [-0.2, 0) is 14.3 Å². The first-order chi connectivity index (χ1) is 8.06. The highest BCUT2D eigenvalue weighted by Crippen LogP contribution is 2.25. The minimum atomic E-state index is -0.207. The van der Waals surface area contributed by atoms with Crippen LogP contribution in [-0.4, -0.2) is 25.5 Å². The van der Waals surface area contributed by atoms with E-state index in [1.54, 1.807) is 0 Å². The van der Waals surface area contributed by atoms with Crippen molar-refractivity contribution >= 4 is 11.9 Å². The van der Waals surface area contributed by atoms with Gasteiger partial charge in [0.2, 0.25) is 5.91 Å². The first-order valence-corrected chi connectivity index (χ1v) is 6.39. The third kappa shape index (κ3) is 9.02. The van der Waals surface area contributed by atoms with Crippen LogP contribution in [0.1, 0.15) is 53.9 Å². The molecule has 0 saturated carbocycles. The molecule has 0 atom stereocenters. The maximum absolute atomic E-state index is 11.6. The molecule has 0 aliphatic rings. The van der Waals surface area contributed by atoms with E-state index in [1.165, 1.54) is 7.11 Å². The quantitative estimate of drug-likeness (QED) is 0.744. The molecule has 0 aromatic rings. The molecular formula is C14H27NO3. The molecule has 0 aliphatic heterocycles. The summed E-state index contributed by atoms with van der Waals surface area (Å²) in [4.78, 5) is 22.8. The van der Waals surface area contributed by atoms with Crippen molar-refractivity contribution in [1.29, 1.82) is 0 Å². The zero-order valence-electron chi connectivity index (χ0n) is 12.6. The van der Waals surface area contributed by atoms with Gasteiger partial charge in [-0.3, -0.25) is 9.59 Å². The Morgan fingerprint density at radius 1 is 1.06 bits per heavy atom. The Labute approximate surface area is 110 Å². The molecule has 0 fully saturated rings. The highest BCUT2D eigenvalue weighted by atomic mass is 16.5. The lowest BCUT2D eigenvalue weighted by atomic mass is 9.85. The number of rotatable bonds is 6. The van der Waals surface area contributed by atoms with Crippen LogP contribution >= 0.6 is 0 Å². The zero-order valence-corrected chi connectivity index (χ0v) is 12.6. The monoisotopic (exact) mass is 257 g/mol. The van der Waals surface area contributed by atoms with E-state index in [0.29, 0.717) is 19.4 Å². The first-order valence-electron chi connectivity index (χ1n) is 6.39. The van der Waals surface area contributed by atoms with Crippen molar-refractivity contribution in [3.63, 3.8) is 0 Å². The second-order valence-electron chi connectivity index (χ2n) is 6.75. The number of amides is 1. The first kappa shape index (κ1) is 16.9. The maximum atomic E-state index is 11.6. The van der Waals surface area contributed by atoms with Crippen LogP contribution in [0.2, 0.25) is 0 Å². The average Bonchev–Trinajstić information content (AvgIpc) is 2.13. The molecular weight excluding hydrogens is 230 g/mol. The van der Waals surface area contributed by atoms with Gasteiger partial charge >= 0.3 is 5.97 Å². The molecule has 0 aromatic carbocycles. The van der Waals surface area contributed by atoms with Gasteiger partial charge in [0, 0.05) is 13.0 Å². The van der Waals surface area contributed by atoms with Gasteiger partial charge in [-0.1, -0.05) is 34.6 Å². The molecule has 0 saturated heterocycles. The number of ether oxygens (including phenoxy) is 1. The van der Waals surface area contributed by atoms with Gasteiger partial charge in [-0.05, 0) is 17.3 Å². The maximum Gasteiger partial charge on any atom is 0.306 e. The summed E-state index contributed by atoms with van der Waals surface area (Å²) in [6, 6.07) is 0. The minimum absolute atomic E-state index is 0.00557. The van der Waals surface area contributed by atoms with E-state index in [2.05, 4.69) is 10.1 Å². The molecule has 0 spiro atoms. The van der Waals surface area contributed by atoms with E-state index < -0.39 is 0 Å². The number of nitrogens with one attached hydrogen (secondary N) is 1. The Kier molecular flexibility index (Phi) is 6.36. The molecule has 0 bridgehead atoms. The van der Waals surface area contributed by atoms with Crippen molar-refractivity contribution in [1.82, 2.24) is 5.32 Å². The number of hydrogen-bond donors (Lipinski definition) is 1. The fourth-order valence-corrected chi connectivity index (χ4v) is 1.64. The number of hydrogen-bond acceptors (Lipinski definition) is 3. The summed E-state index contributed by atoms with van der Waals surface area (Å²) >= 11 is 0. The fourth-order valence-electron chi connectivity index (χ4n) is 1.64. The second kappa shape index (κ2) is 6.76. The Hall–Kier alpha value is -1.06. The van der Waals surface area contributed by atoms with E-state index in [9.17, 15) is 9.59 Å². The summed E-state index contributed by atoms with van der Waals surface area (Å²) in [6.45, 7) is 10.7. The van der Waals surface area contributed by atoms with Crippen molar-refractivity contribution in [2.24, 2.45) is 10.8 Å². The van der Waals surface area contributed by atoms with E-state index in [4.69, 9.17) is 0 Å². The number of carbonyl (C=O) groups excluding carboxylic acids is 2. The molecule has 0 heterocycles. The number of carbonyl (C=O) groups is 2. The zero-order chi connectivity index (χ0) is 14.4. The molecule has 106 valence electrons. The molecule has 0 aromatic heterocycles. The van der Waals surface area contributed by atoms with Gasteiger partial charge in [0.15, 0.2) is 0 Å². The van der Waals surface area contributed by atoms with E-state index in [1.807, 2.05) is 34.6 Å². The SMILES string of the molecule is COC(=O)CC(C)(C)CCNC(=O)CC(C)(C)C. The summed E-state index contributed by atoms with van der Waals surface area (Å²) < 4.78 is 4.65.